The molecule has 108 valence electrons. The largest absolute Gasteiger partial charge is 0.396 e. The first-order chi connectivity index (χ1) is 8.96. The van der Waals surface area contributed by atoms with Gasteiger partial charge in [0.25, 0.3) is 0 Å². The SMILES string of the molecule is CC(C)(CCCO)CN1C(=O)C2CCCCC2C1=O. The van der Waals surface area contributed by atoms with Crippen molar-refractivity contribution in [3.8, 4) is 0 Å². The topological polar surface area (TPSA) is 57.6 Å². The molecule has 0 spiro atoms. The summed E-state index contributed by atoms with van der Waals surface area (Å²) in [5, 5.41) is 8.92. The van der Waals surface area contributed by atoms with E-state index in [-0.39, 0.29) is 35.7 Å². The third-order valence-corrected chi connectivity index (χ3v) is 4.53. The fraction of sp³-hybridized carbons (Fsp3) is 0.867. The number of hydrogen-bond acceptors (Lipinski definition) is 3. The molecular formula is C15H25NO3. The van der Waals surface area contributed by atoms with Crippen LogP contribution in [0.3, 0.4) is 0 Å². The monoisotopic (exact) mass is 267 g/mol. The predicted molar refractivity (Wildman–Crippen MR) is 72.3 cm³/mol. The number of amides is 2. The van der Waals surface area contributed by atoms with Gasteiger partial charge in [0.15, 0.2) is 0 Å². The van der Waals surface area contributed by atoms with Gasteiger partial charge in [-0.1, -0.05) is 26.7 Å². The van der Waals surface area contributed by atoms with E-state index in [1.807, 2.05) is 0 Å². The van der Waals surface area contributed by atoms with E-state index in [0.717, 1.165) is 38.5 Å². The number of fused-ring (bicyclic) bond motifs is 1. The molecular weight excluding hydrogens is 242 g/mol. The fourth-order valence-corrected chi connectivity index (χ4v) is 3.45. The highest BCUT2D eigenvalue weighted by molar-refractivity contribution is 6.05. The summed E-state index contributed by atoms with van der Waals surface area (Å²) in [6, 6.07) is 0. The Morgan fingerprint density at radius 2 is 1.68 bits per heavy atom. The van der Waals surface area contributed by atoms with E-state index < -0.39 is 0 Å². The molecule has 2 atom stereocenters. The number of carbonyl (C=O) groups is 2. The molecule has 0 aromatic rings. The zero-order chi connectivity index (χ0) is 14.0. The van der Waals surface area contributed by atoms with Crippen LogP contribution in [0.25, 0.3) is 0 Å². The summed E-state index contributed by atoms with van der Waals surface area (Å²) in [7, 11) is 0. The summed E-state index contributed by atoms with van der Waals surface area (Å²) in [4.78, 5) is 26.2. The second-order valence-electron chi connectivity index (χ2n) is 6.75. The summed E-state index contributed by atoms with van der Waals surface area (Å²) >= 11 is 0. The number of aliphatic hydroxyl groups is 1. The molecule has 0 bridgehead atoms. The maximum Gasteiger partial charge on any atom is 0.233 e. The molecule has 1 N–H and O–H groups in total. The molecule has 1 saturated heterocycles. The van der Waals surface area contributed by atoms with Crippen molar-refractivity contribution >= 4 is 11.8 Å². The molecule has 0 aromatic heterocycles. The van der Waals surface area contributed by atoms with Crippen molar-refractivity contribution < 1.29 is 14.7 Å². The van der Waals surface area contributed by atoms with Crippen LogP contribution in [-0.2, 0) is 9.59 Å². The van der Waals surface area contributed by atoms with Crippen molar-refractivity contribution in [1.29, 1.82) is 0 Å². The third-order valence-electron chi connectivity index (χ3n) is 4.53. The van der Waals surface area contributed by atoms with Gasteiger partial charge < -0.3 is 5.11 Å². The first kappa shape index (κ1) is 14.5. The van der Waals surface area contributed by atoms with E-state index in [4.69, 9.17) is 5.11 Å². The van der Waals surface area contributed by atoms with E-state index in [2.05, 4.69) is 13.8 Å². The summed E-state index contributed by atoms with van der Waals surface area (Å²) in [6.45, 7) is 4.78. The van der Waals surface area contributed by atoms with Gasteiger partial charge >= 0.3 is 0 Å². The third kappa shape index (κ3) is 2.99. The van der Waals surface area contributed by atoms with Gasteiger partial charge in [-0.05, 0) is 31.1 Å². The van der Waals surface area contributed by atoms with Crippen molar-refractivity contribution in [3.05, 3.63) is 0 Å². The predicted octanol–water partition coefficient (Wildman–Crippen LogP) is 1.96. The van der Waals surface area contributed by atoms with Crippen LogP contribution in [0, 0.1) is 17.3 Å². The minimum atomic E-state index is -0.110. The van der Waals surface area contributed by atoms with Crippen molar-refractivity contribution in [3.63, 3.8) is 0 Å². The summed E-state index contributed by atoms with van der Waals surface area (Å²) in [5.41, 5.74) is -0.110. The Hall–Kier alpha value is -0.900. The van der Waals surface area contributed by atoms with E-state index >= 15 is 0 Å². The van der Waals surface area contributed by atoms with Crippen LogP contribution in [0.2, 0.25) is 0 Å². The lowest BCUT2D eigenvalue weighted by Crippen LogP contribution is -2.39. The minimum Gasteiger partial charge on any atom is -0.396 e. The van der Waals surface area contributed by atoms with Crippen molar-refractivity contribution in [1.82, 2.24) is 4.90 Å². The number of carbonyl (C=O) groups excluding carboxylic acids is 2. The average molecular weight is 267 g/mol. The summed E-state index contributed by atoms with van der Waals surface area (Å²) in [5.74, 6) is 0.00308. The number of likely N-dealkylation sites (tertiary alicyclic amines) is 1. The van der Waals surface area contributed by atoms with E-state index in [1.54, 1.807) is 0 Å². The number of hydrogen-bond donors (Lipinski definition) is 1. The molecule has 4 nitrogen and oxygen atoms in total. The van der Waals surface area contributed by atoms with Crippen LogP contribution in [0.5, 0.6) is 0 Å². The van der Waals surface area contributed by atoms with Crippen LogP contribution >= 0.6 is 0 Å². The highest BCUT2D eigenvalue weighted by Gasteiger charge is 2.48. The van der Waals surface area contributed by atoms with Crippen molar-refractivity contribution in [2.75, 3.05) is 13.2 Å². The molecule has 0 aromatic carbocycles. The highest BCUT2D eigenvalue weighted by Crippen LogP contribution is 2.39. The Morgan fingerprint density at radius 1 is 1.16 bits per heavy atom. The van der Waals surface area contributed by atoms with E-state index in [1.165, 1.54) is 4.90 Å². The highest BCUT2D eigenvalue weighted by atomic mass is 16.3. The molecule has 2 rings (SSSR count). The molecule has 4 heteroatoms. The first-order valence-corrected chi connectivity index (χ1v) is 7.42. The normalized spacial score (nSPS) is 27.8. The van der Waals surface area contributed by atoms with E-state index in [9.17, 15) is 9.59 Å². The Morgan fingerprint density at radius 3 is 2.16 bits per heavy atom. The van der Waals surface area contributed by atoms with Crippen LogP contribution in [-0.4, -0.2) is 35.0 Å². The molecule has 2 fully saturated rings. The van der Waals surface area contributed by atoms with Crippen molar-refractivity contribution in [2.45, 2.75) is 52.4 Å². The Kier molecular flexibility index (Phi) is 4.29. The molecule has 1 heterocycles. The van der Waals surface area contributed by atoms with Gasteiger partial charge in [0.05, 0.1) is 11.8 Å². The lowest BCUT2D eigenvalue weighted by atomic mass is 9.81. The number of aliphatic hydroxyl groups excluding tert-OH is 1. The Bertz CT molecular complexity index is 340. The average Bonchev–Trinajstić information content (AvgIpc) is 2.62. The van der Waals surface area contributed by atoms with E-state index in [0.29, 0.717) is 6.54 Å². The standard InChI is InChI=1S/C15H25NO3/c1-15(2,8-5-9-17)10-16-13(18)11-6-3-4-7-12(11)14(16)19/h11-12,17H,3-10H2,1-2H3. The quantitative estimate of drug-likeness (QED) is 0.775. The van der Waals surface area contributed by atoms with Crippen LogP contribution in [0.15, 0.2) is 0 Å². The molecule has 2 unspecified atom stereocenters. The molecule has 2 aliphatic rings. The van der Waals surface area contributed by atoms with Crippen LogP contribution < -0.4 is 0 Å². The van der Waals surface area contributed by atoms with Gasteiger partial charge in [-0.3, -0.25) is 14.5 Å². The summed E-state index contributed by atoms with van der Waals surface area (Å²) in [6.07, 6.45) is 5.45. The first-order valence-electron chi connectivity index (χ1n) is 7.42. The van der Waals surface area contributed by atoms with Gasteiger partial charge in [0.1, 0.15) is 0 Å². The van der Waals surface area contributed by atoms with Gasteiger partial charge in [-0.15, -0.1) is 0 Å². The maximum absolute atomic E-state index is 12.4. The van der Waals surface area contributed by atoms with Gasteiger partial charge in [-0.2, -0.15) is 0 Å². The molecule has 2 amide bonds. The number of rotatable bonds is 5. The molecule has 19 heavy (non-hydrogen) atoms. The fourth-order valence-electron chi connectivity index (χ4n) is 3.45. The van der Waals surface area contributed by atoms with Crippen molar-refractivity contribution in [2.24, 2.45) is 17.3 Å². The molecule has 1 aliphatic carbocycles. The molecule has 1 aliphatic heterocycles. The second-order valence-corrected chi connectivity index (χ2v) is 6.75. The van der Waals surface area contributed by atoms with Crippen LogP contribution in [0.4, 0.5) is 0 Å². The number of imide groups is 1. The van der Waals surface area contributed by atoms with Gasteiger partial charge in [-0.25, -0.2) is 0 Å². The second kappa shape index (κ2) is 5.61. The lowest BCUT2D eigenvalue weighted by Gasteiger charge is -2.29. The zero-order valence-electron chi connectivity index (χ0n) is 12.0. The zero-order valence-corrected chi connectivity index (χ0v) is 12.0. The summed E-state index contributed by atoms with van der Waals surface area (Å²) < 4.78 is 0. The van der Waals surface area contributed by atoms with Gasteiger partial charge in [0, 0.05) is 13.2 Å². The maximum atomic E-state index is 12.4. The molecule has 1 saturated carbocycles. The van der Waals surface area contributed by atoms with Crippen LogP contribution in [0.1, 0.15) is 52.4 Å². The minimum absolute atomic E-state index is 0.0464. The number of nitrogens with zero attached hydrogens (tertiary/aromatic N) is 1. The lowest BCUT2D eigenvalue weighted by molar-refractivity contribution is -0.141. The smallest absolute Gasteiger partial charge is 0.233 e. The Balaban J connectivity index is 2.04. The molecule has 0 radical (unpaired) electrons. The Labute approximate surface area is 115 Å². The van der Waals surface area contributed by atoms with Gasteiger partial charge in [0.2, 0.25) is 11.8 Å².